The van der Waals surface area contributed by atoms with Gasteiger partial charge in [0.2, 0.25) is 5.91 Å². The van der Waals surface area contributed by atoms with Crippen LogP contribution in [0.3, 0.4) is 0 Å². The van der Waals surface area contributed by atoms with Crippen molar-refractivity contribution < 1.29 is 22.4 Å². The van der Waals surface area contributed by atoms with Gasteiger partial charge in [-0.3, -0.25) is 19.3 Å². The summed E-state index contributed by atoms with van der Waals surface area (Å²) >= 11 is 0. The standard InChI is InChI=1S/C18H18N4O5S/c23-16(12-19-17-13-4-1-2-6-15(13)28(25,26)20-17)21-7-9-22(10-8-21)18(24)14-5-3-11-27-14/h1-6,11H,7-10,12H2,(H,19,20). The van der Waals surface area contributed by atoms with Crippen LogP contribution in [-0.4, -0.2) is 68.6 Å². The molecule has 3 heterocycles. The SMILES string of the molecule is O=C(CN=C1NS(=O)(=O)c2ccccc21)N1CCN(C(=O)c2ccco2)CC1. The third-order valence-corrected chi connectivity index (χ3v) is 6.08. The summed E-state index contributed by atoms with van der Waals surface area (Å²) in [5.41, 5.74) is 0.462. The van der Waals surface area contributed by atoms with E-state index in [1.54, 1.807) is 40.1 Å². The summed E-state index contributed by atoms with van der Waals surface area (Å²) in [6.45, 7) is 1.41. The van der Waals surface area contributed by atoms with Crippen LogP contribution in [-0.2, 0) is 14.8 Å². The quantitative estimate of drug-likeness (QED) is 0.794. The molecule has 0 atom stereocenters. The molecule has 0 unspecified atom stereocenters. The van der Waals surface area contributed by atoms with E-state index in [0.29, 0.717) is 31.7 Å². The average molecular weight is 402 g/mol. The summed E-state index contributed by atoms with van der Waals surface area (Å²) in [4.78, 5) is 32.3. The van der Waals surface area contributed by atoms with E-state index in [0.717, 1.165) is 0 Å². The molecule has 1 fully saturated rings. The summed E-state index contributed by atoms with van der Waals surface area (Å²) in [6, 6.07) is 9.76. The van der Waals surface area contributed by atoms with Crippen molar-refractivity contribution in [3.8, 4) is 0 Å². The van der Waals surface area contributed by atoms with Gasteiger partial charge < -0.3 is 14.2 Å². The number of carbonyl (C=O) groups is 2. The molecule has 9 nitrogen and oxygen atoms in total. The Bertz CT molecular complexity index is 1040. The van der Waals surface area contributed by atoms with Gasteiger partial charge in [-0.15, -0.1) is 0 Å². The third kappa shape index (κ3) is 3.38. The molecule has 1 saturated heterocycles. The molecular weight excluding hydrogens is 384 g/mol. The highest BCUT2D eigenvalue weighted by molar-refractivity contribution is 7.90. The van der Waals surface area contributed by atoms with Crippen LogP contribution in [0.4, 0.5) is 0 Å². The van der Waals surface area contributed by atoms with Gasteiger partial charge in [-0.2, -0.15) is 0 Å². The second kappa shape index (κ2) is 7.12. The fraction of sp³-hybridized carbons (Fsp3) is 0.278. The Kier molecular flexibility index (Phi) is 4.63. The van der Waals surface area contributed by atoms with Crippen molar-refractivity contribution in [2.75, 3.05) is 32.7 Å². The summed E-state index contributed by atoms with van der Waals surface area (Å²) < 4.78 is 31.6. The third-order valence-electron chi connectivity index (χ3n) is 4.69. The van der Waals surface area contributed by atoms with Gasteiger partial charge in [-0.1, -0.05) is 12.1 Å². The number of carbonyl (C=O) groups excluding carboxylic acids is 2. The second-order valence-electron chi connectivity index (χ2n) is 6.42. The molecule has 0 spiro atoms. The summed E-state index contributed by atoms with van der Waals surface area (Å²) in [5.74, 6) is 0.0319. The molecule has 146 valence electrons. The number of hydrogen-bond donors (Lipinski definition) is 1. The predicted molar refractivity (Wildman–Crippen MR) is 99.4 cm³/mol. The highest BCUT2D eigenvalue weighted by Gasteiger charge is 2.31. The maximum absolute atomic E-state index is 12.5. The van der Waals surface area contributed by atoms with Gasteiger partial charge >= 0.3 is 0 Å². The normalized spacial score (nSPS) is 19.4. The minimum atomic E-state index is -3.62. The van der Waals surface area contributed by atoms with Crippen molar-refractivity contribution >= 4 is 27.7 Å². The van der Waals surface area contributed by atoms with E-state index in [1.165, 1.54) is 12.3 Å². The molecule has 0 saturated carbocycles. The number of aliphatic imine (C=N–C) groups is 1. The lowest BCUT2D eigenvalue weighted by molar-refractivity contribution is -0.131. The number of amidine groups is 1. The van der Waals surface area contributed by atoms with Crippen LogP contribution in [0.5, 0.6) is 0 Å². The van der Waals surface area contributed by atoms with Gasteiger partial charge in [0.25, 0.3) is 15.9 Å². The van der Waals surface area contributed by atoms with E-state index in [2.05, 4.69) is 9.71 Å². The highest BCUT2D eigenvalue weighted by atomic mass is 32.2. The van der Waals surface area contributed by atoms with Crippen molar-refractivity contribution in [1.82, 2.24) is 14.5 Å². The van der Waals surface area contributed by atoms with Crippen molar-refractivity contribution in [2.45, 2.75) is 4.90 Å². The lowest BCUT2D eigenvalue weighted by Crippen LogP contribution is -2.51. The molecule has 10 heteroatoms. The van der Waals surface area contributed by atoms with Crippen LogP contribution in [0.15, 0.2) is 57.0 Å². The number of amides is 2. The molecule has 0 bridgehead atoms. The molecule has 1 N–H and O–H groups in total. The number of hydrogen-bond acceptors (Lipinski definition) is 6. The van der Waals surface area contributed by atoms with Crippen LogP contribution < -0.4 is 4.72 Å². The molecule has 2 aromatic rings. The molecule has 1 aromatic heterocycles. The zero-order valence-electron chi connectivity index (χ0n) is 14.9. The van der Waals surface area contributed by atoms with Crippen molar-refractivity contribution in [3.63, 3.8) is 0 Å². The van der Waals surface area contributed by atoms with E-state index < -0.39 is 10.0 Å². The Morgan fingerprint density at radius 1 is 1.04 bits per heavy atom. The monoisotopic (exact) mass is 402 g/mol. The maximum atomic E-state index is 12.5. The summed E-state index contributed by atoms with van der Waals surface area (Å²) in [5, 5.41) is 0. The van der Waals surface area contributed by atoms with E-state index in [9.17, 15) is 18.0 Å². The smallest absolute Gasteiger partial charge is 0.289 e. The zero-order chi connectivity index (χ0) is 19.7. The molecule has 4 rings (SSSR count). The van der Waals surface area contributed by atoms with Crippen LogP contribution in [0.25, 0.3) is 0 Å². The molecule has 0 aliphatic carbocycles. The first-order valence-electron chi connectivity index (χ1n) is 8.73. The Morgan fingerprint density at radius 2 is 1.75 bits per heavy atom. The maximum Gasteiger partial charge on any atom is 0.289 e. The number of benzene rings is 1. The number of sulfonamides is 1. The Labute approximate surface area is 161 Å². The lowest BCUT2D eigenvalue weighted by atomic mass is 10.2. The molecule has 2 aliphatic rings. The number of fused-ring (bicyclic) bond motifs is 1. The molecule has 1 aromatic carbocycles. The van der Waals surface area contributed by atoms with Gasteiger partial charge in [0.15, 0.2) is 5.76 Å². The molecule has 2 aliphatic heterocycles. The predicted octanol–water partition coefficient (Wildman–Crippen LogP) is 0.303. The first kappa shape index (κ1) is 18.2. The molecular formula is C18H18N4O5S. The number of nitrogens with zero attached hydrogens (tertiary/aromatic N) is 3. The van der Waals surface area contributed by atoms with E-state index in [1.807, 2.05) is 0 Å². The number of nitrogens with one attached hydrogen (secondary N) is 1. The second-order valence-corrected chi connectivity index (χ2v) is 8.07. The van der Waals surface area contributed by atoms with Gasteiger partial charge in [0.05, 0.1) is 11.2 Å². The summed E-state index contributed by atoms with van der Waals surface area (Å²) in [7, 11) is -3.62. The Balaban J connectivity index is 1.37. The van der Waals surface area contributed by atoms with E-state index >= 15 is 0 Å². The van der Waals surface area contributed by atoms with Gasteiger partial charge in [-0.25, -0.2) is 8.42 Å². The van der Waals surface area contributed by atoms with Crippen LogP contribution in [0.2, 0.25) is 0 Å². The summed E-state index contributed by atoms with van der Waals surface area (Å²) in [6.07, 6.45) is 1.45. The fourth-order valence-corrected chi connectivity index (χ4v) is 4.46. The topological polar surface area (TPSA) is 112 Å². The van der Waals surface area contributed by atoms with Gasteiger partial charge in [-0.05, 0) is 24.3 Å². The minimum absolute atomic E-state index is 0.159. The molecule has 2 amide bonds. The fourth-order valence-electron chi connectivity index (χ4n) is 3.21. The van der Waals surface area contributed by atoms with Crippen molar-refractivity contribution in [1.29, 1.82) is 0 Å². The van der Waals surface area contributed by atoms with Crippen molar-refractivity contribution in [3.05, 3.63) is 54.0 Å². The molecule has 28 heavy (non-hydrogen) atoms. The zero-order valence-corrected chi connectivity index (χ0v) is 15.7. The Morgan fingerprint density at radius 3 is 2.46 bits per heavy atom. The Hall–Kier alpha value is -3.14. The number of rotatable bonds is 3. The number of piperazine rings is 1. The van der Waals surface area contributed by atoms with Crippen LogP contribution in [0.1, 0.15) is 16.1 Å². The van der Waals surface area contributed by atoms with E-state index in [4.69, 9.17) is 4.42 Å². The first-order valence-corrected chi connectivity index (χ1v) is 10.2. The first-order chi connectivity index (χ1) is 13.5. The largest absolute Gasteiger partial charge is 0.459 e. The minimum Gasteiger partial charge on any atom is -0.459 e. The van der Waals surface area contributed by atoms with E-state index in [-0.39, 0.29) is 34.9 Å². The van der Waals surface area contributed by atoms with Crippen LogP contribution in [0, 0.1) is 0 Å². The van der Waals surface area contributed by atoms with Crippen LogP contribution >= 0.6 is 0 Å². The van der Waals surface area contributed by atoms with Gasteiger partial charge in [0.1, 0.15) is 12.4 Å². The van der Waals surface area contributed by atoms with Crippen molar-refractivity contribution in [2.24, 2.45) is 4.99 Å². The number of furan rings is 1. The average Bonchev–Trinajstić information content (AvgIpc) is 3.33. The van der Waals surface area contributed by atoms with Gasteiger partial charge in [0, 0.05) is 31.7 Å². The molecule has 0 radical (unpaired) electrons. The lowest BCUT2D eigenvalue weighted by Gasteiger charge is -2.34. The highest BCUT2D eigenvalue weighted by Crippen LogP contribution is 2.22.